The first-order valence-corrected chi connectivity index (χ1v) is 16.7. The molecule has 0 radical (unpaired) electrons. The SMILES string of the molecule is O=C(Nc1ccc(Oc2ccc(Cl)cc2)cc1)[C@@H](Cc1ccccc1)N1C(=O)[C@@H]2[C@H](C1=O)C1(Cl)c3ccccc3C2(Cl)c2ccccc21. The van der Waals surface area contributed by atoms with Crippen molar-refractivity contribution in [3.05, 3.63) is 160 Å². The number of amides is 3. The zero-order valence-corrected chi connectivity index (χ0v) is 27.5. The molecule has 1 N–H and O–H groups in total. The molecule has 3 aliphatic carbocycles. The van der Waals surface area contributed by atoms with Gasteiger partial charge in [-0.15, -0.1) is 23.2 Å². The summed E-state index contributed by atoms with van der Waals surface area (Å²) in [6.45, 7) is 0. The summed E-state index contributed by atoms with van der Waals surface area (Å²) in [5.74, 6) is -2.40. The Morgan fingerprint density at radius 3 is 1.58 bits per heavy atom. The lowest BCUT2D eigenvalue weighted by Gasteiger charge is -2.54. The monoisotopic (exact) mass is 692 g/mol. The lowest BCUT2D eigenvalue weighted by molar-refractivity contribution is -0.146. The third-order valence-electron chi connectivity index (χ3n) is 9.68. The summed E-state index contributed by atoms with van der Waals surface area (Å²) in [6.07, 6.45) is 0.103. The van der Waals surface area contributed by atoms with Crippen LogP contribution in [0.2, 0.25) is 5.02 Å². The maximum Gasteiger partial charge on any atom is 0.248 e. The molecular weight excluding hydrogens is 667 g/mol. The van der Waals surface area contributed by atoms with E-state index < -0.39 is 45.3 Å². The summed E-state index contributed by atoms with van der Waals surface area (Å²) in [4.78, 5) is 42.0. The van der Waals surface area contributed by atoms with Crippen molar-refractivity contribution in [1.29, 1.82) is 0 Å². The van der Waals surface area contributed by atoms with Gasteiger partial charge in [-0.05, 0) is 76.3 Å². The van der Waals surface area contributed by atoms with Crippen molar-refractivity contribution >= 4 is 58.2 Å². The number of alkyl halides is 2. The van der Waals surface area contributed by atoms with Gasteiger partial charge in [-0.3, -0.25) is 19.3 Å². The molecule has 9 heteroatoms. The third kappa shape index (κ3) is 4.58. The van der Waals surface area contributed by atoms with Crippen molar-refractivity contribution in [1.82, 2.24) is 4.90 Å². The van der Waals surface area contributed by atoms with Crippen LogP contribution in [-0.4, -0.2) is 28.7 Å². The fourth-order valence-corrected chi connectivity index (χ4v) is 8.83. The number of hydrogen-bond acceptors (Lipinski definition) is 4. The van der Waals surface area contributed by atoms with E-state index in [9.17, 15) is 14.4 Å². The molecule has 4 aliphatic rings. The van der Waals surface area contributed by atoms with Gasteiger partial charge in [-0.1, -0.05) is 90.5 Å². The molecule has 5 aromatic rings. The minimum absolute atomic E-state index is 0.103. The van der Waals surface area contributed by atoms with Crippen LogP contribution >= 0.6 is 34.8 Å². The van der Waals surface area contributed by atoms with Crippen molar-refractivity contribution in [3.63, 3.8) is 0 Å². The molecular formula is C39H27Cl3N2O4. The van der Waals surface area contributed by atoms with Crippen molar-refractivity contribution in [3.8, 4) is 11.5 Å². The summed E-state index contributed by atoms with van der Waals surface area (Å²) in [7, 11) is 0. The molecule has 1 aliphatic heterocycles. The van der Waals surface area contributed by atoms with Crippen molar-refractivity contribution in [2.45, 2.75) is 22.2 Å². The van der Waals surface area contributed by atoms with Gasteiger partial charge in [0.2, 0.25) is 17.7 Å². The summed E-state index contributed by atoms with van der Waals surface area (Å²) < 4.78 is 5.89. The van der Waals surface area contributed by atoms with Crippen molar-refractivity contribution < 1.29 is 19.1 Å². The summed E-state index contributed by atoms with van der Waals surface area (Å²) in [5.41, 5.74) is 4.07. The fraction of sp³-hybridized carbons (Fsp3) is 0.154. The Morgan fingerprint density at radius 2 is 1.10 bits per heavy atom. The van der Waals surface area contributed by atoms with Gasteiger partial charge in [-0.25, -0.2) is 0 Å². The van der Waals surface area contributed by atoms with Gasteiger partial charge >= 0.3 is 0 Å². The molecule has 0 unspecified atom stereocenters. The quantitative estimate of drug-likeness (QED) is 0.138. The van der Waals surface area contributed by atoms with Crippen LogP contribution in [0.5, 0.6) is 11.5 Å². The predicted octanol–water partition coefficient (Wildman–Crippen LogP) is 8.28. The highest BCUT2D eigenvalue weighted by Crippen LogP contribution is 2.69. The second-order valence-corrected chi connectivity index (χ2v) is 13.9. The number of anilines is 1. The molecule has 238 valence electrons. The normalized spacial score (nSPS) is 24.0. The molecule has 6 nitrogen and oxygen atoms in total. The number of nitrogens with zero attached hydrogens (tertiary/aromatic N) is 1. The van der Waals surface area contributed by atoms with Gasteiger partial charge in [0.1, 0.15) is 27.3 Å². The smallest absolute Gasteiger partial charge is 0.248 e. The lowest BCUT2D eigenvalue weighted by atomic mass is 9.54. The number of imide groups is 1. The van der Waals surface area contributed by atoms with Crippen LogP contribution in [-0.2, 0) is 30.6 Å². The summed E-state index contributed by atoms with van der Waals surface area (Å²) >= 11 is 21.2. The largest absolute Gasteiger partial charge is 0.457 e. The summed E-state index contributed by atoms with van der Waals surface area (Å²) in [5, 5.41) is 3.53. The number of hydrogen-bond donors (Lipinski definition) is 1. The summed E-state index contributed by atoms with van der Waals surface area (Å²) in [6, 6.07) is 36.9. The molecule has 1 fully saturated rings. The highest BCUT2D eigenvalue weighted by molar-refractivity contribution is 6.36. The number of nitrogens with one attached hydrogen (secondary N) is 1. The van der Waals surface area contributed by atoms with Gasteiger partial charge in [0.05, 0.1) is 11.8 Å². The van der Waals surface area contributed by atoms with Gasteiger partial charge in [0.15, 0.2) is 0 Å². The van der Waals surface area contributed by atoms with Crippen molar-refractivity contribution in [2.75, 3.05) is 5.32 Å². The Balaban J connectivity index is 1.15. The molecule has 1 saturated heterocycles. The first-order valence-electron chi connectivity index (χ1n) is 15.5. The molecule has 0 aromatic heterocycles. The Labute approximate surface area is 292 Å². The van der Waals surface area contributed by atoms with E-state index in [0.717, 1.165) is 10.5 Å². The number of carbonyl (C=O) groups excluding carboxylic acids is 3. The van der Waals surface area contributed by atoms with Gasteiger partial charge in [-0.2, -0.15) is 0 Å². The Morgan fingerprint density at radius 1 is 0.667 bits per heavy atom. The first kappa shape index (κ1) is 30.7. The second-order valence-electron chi connectivity index (χ2n) is 12.3. The van der Waals surface area contributed by atoms with Crippen molar-refractivity contribution in [2.24, 2.45) is 11.8 Å². The molecule has 9 rings (SSSR count). The van der Waals surface area contributed by atoms with E-state index in [1.165, 1.54) is 0 Å². The zero-order chi connectivity index (χ0) is 33.2. The third-order valence-corrected chi connectivity index (χ3v) is 11.2. The number of likely N-dealkylation sites (tertiary alicyclic amines) is 1. The van der Waals surface area contributed by atoms with Crippen LogP contribution in [0.15, 0.2) is 127 Å². The van der Waals surface area contributed by atoms with E-state index in [2.05, 4.69) is 5.32 Å². The molecule has 3 amide bonds. The number of carbonyl (C=O) groups is 3. The second kappa shape index (κ2) is 11.5. The predicted molar refractivity (Wildman–Crippen MR) is 186 cm³/mol. The van der Waals surface area contributed by atoms with Crippen LogP contribution in [0.4, 0.5) is 5.69 Å². The standard InChI is InChI=1S/C39H27Cl3N2O4/c40-24-14-18-26(19-15-24)48-27-20-16-25(17-21-27)43-35(45)32(22-23-8-2-1-3-9-23)44-36(46)33-34(37(44)47)39(42)29-11-5-4-10-28(29)38(33,41)30-12-6-7-13-31(30)39/h1-21,32-34H,22H2,(H,43,45)/t32-,33-,34+,38?,39?/m1/s1. The van der Waals surface area contributed by atoms with E-state index >= 15 is 0 Å². The number of halogens is 3. The van der Waals surface area contributed by atoms with Crippen LogP contribution in [0.25, 0.3) is 0 Å². The lowest BCUT2D eigenvalue weighted by Crippen LogP contribution is -2.57. The average Bonchev–Trinajstić information content (AvgIpc) is 3.38. The Hall–Kier alpha value is -4.62. The van der Waals surface area contributed by atoms with Gasteiger partial charge in [0, 0.05) is 17.1 Å². The van der Waals surface area contributed by atoms with Crippen LogP contribution in [0.3, 0.4) is 0 Å². The first-order chi connectivity index (χ1) is 23.2. The van der Waals surface area contributed by atoms with Crippen LogP contribution < -0.4 is 10.1 Å². The van der Waals surface area contributed by atoms with E-state index in [1.54, 1.807) is 48.5 Å². The van der Waals surface area contributed by atoms with Gasteiger partial charge < -0.3 is 10.1 Å². The highest BCUT2D eigenvalue weighted by atomic mass is 35.5. The van der Waals surface area contributed by atoms with E-state index in [-0.39, 0.29) is 6.42 Å². The molecule has 0 saturated carbocycles. The van der Waals surface area contributed by atoms with Gasteiger partial charge in [0.25, 0.3) is 0 Å². The Bertz CT molecular complexity index is 1960. The van der Waals surface area contributed by atoms with Crippen LogP contribution in [0, 0.1) is 11.8 Å². The highest BCUT2D eigenvalue weighted by Gasteiger charge is 2.73. The average molecular weight is 694 g/mol. The minimum Gasteiger partial charge on any atom is -0.457 e. The van der Waals surface area contributed by atoms with Crippen LogP contribution in [0.1, 0.15) is 27.8 Å². The number of benzene rings is 5. The topological polar surface area (TPSA) is 75.7 Å². The van der Waals surface area contributed by atoms with E-state index in [4.69, 9.17) is 39.5 Å². The molecule has 0 spiro atoms. The molecule has 2 bridgehead atoms. The molecule has 5 aromatic carbocycles. The molecule has 3 atom stereocenters. The maximum absolute atomic E-state index is 14.7. The number of ether oxygens (including phenoxy) is 1. The molecule has 48 heavy (non-hydrogen) atoms. The minimum atomic E-state index is -1.34. The fourth-order valence-electron chi connectivity index (χ4n) is 7.61. The Kier molecular flexibility index (Phi) is 7.37. The number of rotatable bonds is 7. The zero-order valence-electron chi connectivity index (χ0n) is 25.3. The maximum atomic E-state index is 14.7. The molecule has 1 heterocycles. The van der Waals surface area contributed by atoms with E-state index in [1.807, 2.05) is 78.9 Å². The van der Waals surface area contributed by atoms with E-state index in [0.29, 0.717) is 44.5 Å².